The molecule has 0 amide bonds. The highest BCUT2D eigenvalue weighted by molar-refractivity contribution is 5.87. The van der Waals surface area contributed by atoms with Gasteiger partial charge < -0.3 is 15.2 Å². The summed E-state index contributed by atoms with van der Waals surface area (Å²) >= 11 is 0. The third-order valence-corrected chi connectivity index (χ3v) is 5.88. The first kappa shape index (κ1) is 16.5. The zero-order valence-corrected chi connectivity index (χ0v) is 15.4. The van der Waals surface area contributed by atoms with Gasteiger partial charge in [0.05, 0.1) is 0 Å². The first-order chi connectivity index (χ1) is 12.3. The standard InChI is InChI=1S/C22H29N3/c1-3-4-18-15-25(12-9-16(18)2)19-5-6-20-21(14-24-22(20)13-19)17-7-10-23-11-8-17/h3-6,13-14,17,23-24H,7-12,15H2,1-2H3. The van der Waals surface area contributed by atoms with Crippen LogP contribution in [-0.2, 0) is 0 Å². The summed E-state index contributed by atoms with van der Waals surface area (Å²) in [5.74, 6) is 0.697. The summed E-state index contributed by atoms with van der Waals surface area (Å²) in [7, 11) is 0. The van der Waals surface area contributed by atoms with Crippen molar-refractivity contribution in [3.05, 3.63) is 53.3 Å². The minimum atomic E-state index is 0.697. The summed E-state index contributed by atoms with van der Waals surface area (Å²) in [5.41, 5.74) is 7.12. The quantitative estimate of drug-likeness (QED) is 0.849. The Morgan fingerprint density at radius 3 is 2.84 bits per heavy atom. The lowest BCUT2D eigenvalue weighted by Crippen LogP contribution is -2.30. The van der Waals surface area contributed by atoms with E-state index in [2.05, 4.69) is 65.6 Å². The van der Waals surface area contributed by atoms with Crippen LogP contribution in [0.25, 0.3) is 10.9 Å². The third-order valence-electron chi connectivity index (χ3n) is 5.88. The van der Waals surface area contributed by atoms with Gasteiger partial charge >= 0.3 is 0 Å². The number of aromatic amines is 1. The Hall–Kier alpha value is -2.00. The van der Waals surface area contributed by atoms with Crippen LogP contribution in [0.1, 0.15) is 44.6 Å². The lowest BCUT2D eigenvalue weighted by atomic mass is 9.90. The van der Waals surface area contributed by atoms with Crippen molar-refractivity contribution in [3.63, 3.8) is 0 Å². The molecule has 25 heavy (non-hydrogen) atoms. The molecule has 132 valence electrons. The molecule has 0 unspecified atom stereocenters. The second kappa shape index (κ2) is 7.09. The number of fused-ring (bicyclic) bond motifs is 1. The SMILES string of the molecule is CC=CC1=C(C)CCN(c2ccc3c(C4CCNCC4)c[nH]c3c2)C1. The molecule has 4 rings (SSSR count). The van der Waals surface area contributed by atoms with E-state index < -0.39 is 0 Å². The Bertz CT molecular complexity index is 806. The number of hydrogen-bond acceptors (Lipinski definition) is 2. The van der Waals surface area contributed by atoms with Gasteiger partial charge in [-0.25, -0.2) is 0 Å². The van der Waals surface area contributed by atoms with Crippen LogP contribution in [0.5, 0.6) is 0 Å². The molecule has 3 nitrogen and oxygen atoms in total. The maximum absolute atomic E-state index is 3.54. The molecule has 2 N–H and O–H groups in total. The van der Waals surface area contributed by atoms with Crippen LogP contribution in [0.3, 0.4) is 0 Å². The highest BCUT2D eigenvalue weighted by Gasteiger charge is 2.20. The zero-order chi connectivity index (χ0) is 17.2. The lowest BCUT2D eigenvalue weighted by molar-refractivity contribution is 0.462. The summed E-state index contributed by atoms with van der Waals surface area (Å²) in [6, 6.07) is 6.99. The predicted molar refractivity (Wildman–Crippen MR) is 107 cm³/mol. The van der Waals surface area contributed by atoms with Crippen LogP contribution in [0, 0.1) is 0 Å². The van der Waals surface area contributed by atoms with Crippen molar-refractivity contribution in [2.75, 3.05) is 31.1 Å². The summed E-state index contributed by atoms with van der Waals surface area (Å²) in [4.78, 5) is 6.04. The van der Waals surface area contributed by atoms with Crippen molar-refractivity contribution < 1.29 is 0 Å². The van der Waals surface area contributed by atoms with Gasteiger partial charge in [-0.1, -0.05) is 23.8 Å². The number of nitrogens with zero attached hydrogens (tertiary/aromatic N) is 1. The van der Waals surface area contributed by atoms with Gasteiger partial charge in [-0.05, 0) is 75.4 Å². The van der Waals surface area contributed by atoms with Gasteiger partial charge in [-0.2, -0.15) is 0 Å². The van der Waals surface area contributed by atoms with Gasteiger partial charge in [-0.3, -0.25) is 0 Å². The van der Waals surface area contributed by atoms with Crippen LogP contribution in [0.2, 0.25) is 0 Å². The Morgan fingerprint density at radius 1 is 1.20 bits per heavy atom. The lowest BCUT2D eigenvalue weighted by Gasteiger charge is -2.31. The molecule has 1 saturated heterocycles. The average Bonchev–Trinajstić information content (AvgIpc) is 3.07. The van der Waals surface area contributed by atoms with E-state index in [9.17, 15) is 0 Å². The molecule has 2 aliphatic rings. The van der Waals surface area contributed by atoms with Crippen molar-refractivity contribution in [1.29, 1.82) is 0 Å². The number of hydrogen-bond donors (Lipinski definition) is 2. The molecule has 2 aliphatic heterocycles. The van der Waals surface area contributed by atoms with Crippen molar-refractivity contribution in [2.45, 2.75) is 39.0 Å². The number of aromatic nitrogens is 1. The van der Waals surface area contributed by atoms with E-state index >= 15 is 0 Å². The normalized spacial score (nSPS) is 20.2. The van der Waals surface area contributed by atoms with Crippen molar-refractivity contribution >= 4 is 16.6 Å². The number of H-pyrrole nitrogens is 1. The molecule has 0 radical (unpaired) electrons. The molecular formula is C22H29N3. The minimum Gasteiger partial charge on any atom is -0.367 e. The predicted octanol–water partition coefficient (Wildman–Crippen LogP) is 4.74. The van der Waals surface area contributed by atoms with Crippen LogP contribution < -0.4 is 10.2 Å². The van der Waals surface area contributed by atoms with Gasteiger partial charge in [0.25, 0.3) is 0 Å². The van der Waals surface area contributed by atoms with E-state index in [0.717, 1.165) is 32.6 Å². The average molecular weight is 335 g/mol. The molecule has 0 bridgehead atoms. The van der Waals surface area contributed by atoms with Crippen molar-refractivity contribution in [1.82, 2.24) is 10.3 Å². The fourth-order valence-corrected chi connectivity index (χ4v) is 4.30. The van der Waals surface area contributed by atoms with Gasteiger partial charge in [0.1, 0.15) is 0 Å². The third kappa shape index (κ3) is 3.25. The van der Waals surface area contributed by atoms with E-state index in [0.29, 0.717) is 5.92 Å². The summed E-state index contributed by atoms with van der Waals surface area (Å²) in [5, 5.41) is 4.88. The molecule has 2 aromatic rings. The zero-order valence-electron chi connectivity index (χ0n) is 15.4. The Kier molecular flexibility index (Phi) is 4.67. The molecule has 1 fully saturated rings. The first-order valence-corrected chi connectivity index (χ1v) is 9.64. The highest BCUT2D eigenvalue weighted by Crippen LogP contribution is 2.34. The van der Waals surface area contributed by atoms with Crippen LogP contribution in [0.15, 0.2) is 47.7 Å². The smallest absolute Gasteiger partial charge is 0.0477 e. The molecule has 0 spiro atoms. The minimum absolute atomic E-state index is 0.697. The first-order valence-electron chi connectivity index (χ1n) is 9.64. The number of piperidine rings is 1. The maximum atomic E-state index is 3.54. The molecule has 3 heterocycles. The fraction of sp³-hybridized carbons (Fsp3) is 0.455. The van der Waals surface area contributed by atoms with Gasteiger partial charge in [0, 0.05) is 35.9 Å². The van der Waals surface area contributed by atoms with Crippen LogP contribution in [0.4, 0.5) is 5.69 Å². The number of rotatable bonds is 3. The van der Waals surface area contributed by atoms with Gasteiger partial charge in [-0.15, -0.1) is 0 Å². The summed E-state index contributed by atoms with van der Waals surface area (Å²) in [6.45, 7) is 8.79. The maximum Gasteiger partial charge on any atom is 0.0477 e. The van der Waals surface area contributed by atoms with Gasteiger partial charge in [0.15, 0.2) is 0 Å². The summed E-state index contributed by atoms with van der Waals surface area (Å²) < 4.78 is 0. The summed E-state index contributed by atoms with van der Waals surface area (Å²) in [6.07, 6.45) is 10.3. The largest absolute Gasteiger partial charge is 0.367 e. The molecule has 3 heteroatoms. The monoisotopic (exact) mass is 335 g/mol. The van der Waals surface area contributed by atoms with Crippen molar-refractivity contribution in [2.24, 2.45) is 0 Å². The van der Waals surface area contributed by atoms with Crippen LogP contribution in [-0.4, -0.2) is 31.2 Å². The second-order valence-electron chi connectivity index (χ2n) is 7.48. The molecular weight excluding hydrogens is 306 g/mol. The Labute approximate surface area is 150 Å². The highest BCUT2D eigenvalue weighted by atomic mass is 15.1. The molecule has 1 aromatic heterocycles. The molecule has 0 aliphatic carbocycles. The van der Waals surface area contributed by atoms with E-state index in [1.807, 2.05) is 0 Å². The van der Waals surface area contributed by atoms with Crippen molar-refractivity contribution in [3.8, 4) is 0 Å². The van der Waals surface area contributed by atoms with E-state index in [4.69, 9.17) is 0 Å². The number of anilines is 1. The molecule has 0 atom stereocenters. The molecule has 0 saturated carbocycles. The van der Waals surface area contributed by atoms with E-state index in [-0.39, 0.29) is 0 Å². The Morgan fingerprint density at radius 2 is 2.04 bits per heavy atom. The fourth-order valence-electron chi connectivity index (χ4n) is 4.30. The second-order valence-corrected chi connectivity index (χ2v) is 7.48. The number of nitrogens with one attached hydrogen (secondary N) is 2. The molecule has 1 aromatic carbocycles. The van der Waals surface area contributed by atoms with E-state index in [1.165, 1.54) is 46.1 Å². The van der Waals surface area contributed by atoms with Crippen LogP contribution >= 0.6 is 0 Å². The Balaban J connectivity index is 1.60. The number of allylic oxidation sites excluding steroid dienone is 1. The van der Waals surface area contributed by atoms with E-state index in [1.54, 1.807) is 0 Å². The topological polar surface area (TPSA) is 31.1 Å². The van der Waals surface area contributed by atoms with Gasteiger partial charge in [0.2, 0.25) is 0 Å². The number of benzene rings is 1.